The van der Waals surface area contributed by atoms with Crippen molar-refractivity contribution >= 4 is 35.2 Å². The SMILES string of the molecule is Nc1cc(=O)[nH]c(SCc2nnc(SCC(=O)NC3CCCCC3)o2)n1. The molecular weight excluding hydrogens is 376 g/mol. The fourth-order valence-electron chi connectivity index (χ4n) is 2.65. The lowest BCUT2D eigenvalue weighted by atomic mass is 9.95. The summed E-state index contributed by atoms with van der Waals surface area (Å²) in [5.74, 6) is 1.11. The van der Waals surface area contributed by atoms with E-state index in [1.54, 1.807) is 0 Å². The molecular formula is C15H20N6O3S2. The first-order chi connectivity index (χ1) is 12.6. The minimum absolute atomic E-state index is 0.0161. The van der Waals surface area contributed by atoms with Gasteiger partial charge in [-0.2, -0.15) is 0 Å². The van der Waals surface area contributed by atoms with Crippen LogP contribution in [0, 0.1) is 0 Å². The van der Waals surface area contributed by atoms with E-state index in [9.17, 15) is 9.59 Å². The smallest absolute Gasteiger partial charge is 0.277 e. The molecule has 1 aliphatic carbocycles. The molecule has 1 aliphatic rings. The summed E-state index contributed by atoms with van der Waals surface area (Å²) in [6.45, 7) is 0. The van der Waals surface area contributed by atoms with E-state index in [0.29, 0.717) is 28.1 Å². The maximum atomic E-state index is 12.0. The van der Waals surface area contributed by atoms with Gasteiger partial charge in [-0.3, -0.25) is 9.59 Å². The molecule has 2 aromatic rings. The van der Waals surface area contributed by atoms with Crippen molar-refractivity contribution in [3.05, 3.63) is 22.3 Å². The number of nitrogens with one attached hydrogen (secondary N) is 2. The van der Waals surface area contributed by atoms with E-state index in [1.807, 2.05) is 0 Å². The van der Waals surface area contributed by atoms with Crippen molar-refractivity contribution in [1.29, 1.82) is 0 Å². The van der Waals surface area contributed by atoms with E-state index in [-0.39, 0.29) is 23.0 Å². The van der Waals surface area contributed by atoms with Gasteiger partial charge in [-0.15, -0.1) is 10.2 Å². The molecule has 2 heterocycles. The lowest BCUT2D eigenvalue weighted by Gasteiger charge is -2.22. The number of amides is 1. The summed E-state index contributed by atoms with van der Waals surface area (Å²) in [6.07, 6.45) is 5.71. The first-order valence-corrected chi connectivity index (χ1v) is 10.3. The van der Waals surface area contributed by atoms with Gasteiger partial charge in [0.2, 0.25) is 11.8 Å². The maximum Gasteiger partial charge on any atom is 0.277 e. The average Bonchev–Trinajstić information content (AvgIpc) is 3.06. The normalized spacial score (nSPS) is 15.1. The number of carbonyl (C=O) groups excluding carboxylic acids is 1. The molecule has 1 saturated carbocycles. The molecule has 0 aliphatic heterocycles. The molecule has 0 aromatic carbocycles. The number of aromatic amines is 1. The number of carbonyl (C=O) groups is 1. The molecule has 0 unspecified atom stereocenters. The Morgan fingerprint density at radius 1 is 1.31 bits per heavy atom. The molecule has 0 bridgehead atoms. The van der Waals surface area contributed by atoms with Crippen LogP contribution in [0.2, 0.25) is 0 Å². The number of hydrogen-bond acceptors (Lipinski definition) is 9. The highest BCUT2D eigenvalue weighted by atomic mass is 32.2. The van der Waals surface area contributed by atoms with Crippen LogP contribution in [-0.4, -0.2) is 37.9 Å². The summed E-state index contributed by atoms with van der Waals surface area (Å²) in [7, 11) is 0. The minimum Gasteiger partial charge on any atom is -0.415 e. The number of nitrogens with zero attached hydrogens (tertiary/aromatic N) is 3. The van der Waals surface area contributed by atoms with Gasteiger partial charge in [-0.05, 0) is 12.8 Å². The Morgan fingerprint density at radius 3 is 2.88 bits per heavy atom. The van der Waals surface area contributed by atoms with Gasteiger partial charge in [0.05, 0.1) is 11.5 Å². The number of thioether (sulfide) groups is 2. The van der Waals surface area contributed by atoms with Gasteiger partial charge >= 0.3 is 0 Å². The third kappa shape index (κ3) is 5.77. The minimum atomic E-state index is -0.314. The summed E-state index contributed by atoms with van der Waals surface area (Å²) < 4.78 is 5.50. The van der Waals surface area contributed by atoms with Crippen LogP contribution in [0.15, 0.2) is 25.7 Å². The van der Waals surface area contributed by atoms with E-state index in [1.165, 1.54) is 48.9 Å². The lowest BCUT2D eigenvalue weighted by molar-refractivity contribution is -0.119. The summed E-state index contributed by atoms with van der Waals surface area (Å²) in [4.78, 5) is 29.9. The number of rotatable bonds is 7. The number of nitrogens with two attached hydrogens (primary N) is 1. The third-order valence-corrected chi connectivity index (χ3v) is 5.49. The van der Waals surface area contributed by atoms with Crippen LogP contribution in [0.25, 0.3) is 0 Å². The molecule has 0 radical (unpaired) electrons. The molecule has 0 saturated heterocycles. The fourth-order valence-corrected chi connectivity index (χ4v) is 3.96. The standard InChI is InChI=1S/C15H20N6O3S2/c16-10-6-11(22)19-14(18-10)25-8-13-20-21-15(24-13)26-7-12(23)17-9-4-2-1-3-5-9/h6,9H,1-5,7-8H2,(H,17,23)(H3,16,18,19,22). The molecule has 2 aromatic heterocycles. The van der Waals surface area contributed by atoms with Gasteiger partial charge in [-0.25, -0.2) is 4.98 Å². The number of H-pyrrole nitrogens is 1. The monoisotopic (exact) mass is 396 g/mol. The van der Waals surface area contributed by atoms with Crippen molar-refractivity contribution in [3.8, 4) is 0 Å². The van der Waals surface area contributed by atoms with Crippen molar-refractivity contribution in [2.75, 3.05) is 11.5 Å². The van der Waals surface area contributed by atoms with Crippen molar-refractivity contribution in [2.45, 2.75) is 54.3 Å². The molecule has 3 rings (SSSR count). The molecule has 26 heavy (non-hydrogen) atoms. The van der Waals surface area contributed by atoms with E-state index in [0.717, 1.165) is 12.8 Å². The van der Waals surface area contributed by atoms with Gasteiger partial charge in [0, 0.05) is 12.1 Å². The van der Waals surface area contributed by atoms with Gasteiger partial charge in [-0.1, -0.05) is 42.8 Å². The Kier molecular flexibility index (Phi) is 6.56. The molecule has 0 spiro atoms. The summed E-state index contributed by atoms with van der Waals surface area (Å²) in [6, 6.07) is 1.50. The van der Waals surface area contributed by atoms with Gasteiger partial charge in [0.25, 0.3) is 10.8 Å². The largest absolute Gasteiger partial charge is 0.415 e. The molecule has 4 N–H and O–H groups in total. The quantitative estimate of drug-likeness (QED) is 0.470. The topological polar surface area (TPSA) is 140 Å². The zero-order chi connectivity index (χ0) is 18.4. The second kappa shape index (κ2) is 9.08. The van der Waals surface area contributed by atoms with Gasteiger partial charge < -0.3 is 20.5 Å². The van der Waals surface area contributed by atoms with Crippen LogP contribution < -0.4 is 16.6 Å². The van der Waals surface area contributed by atoms with Gasteiger partial charge in [0.15, 0.2) is 5.16 Å². The predicted molar refractivity (Wildman–Crippen MR) is 98.9 cm³/mol. The van der Waals surface area contributed by atoms with Crippen LogP contribution >= 0.6 is 23.5 Å². The zero-order valence-electron chi connectivity index (χ0n) is 14.1. The lowest BCUT2D eigenvalue weighted by Crippen LogP contribution is -2.37. The molecule has 140 valence electrons. The summed E-state index contributed by atoms with van der Waals surface area (Å²) >= 11 is 2.44. The fraction of sp³-hybridized carbons (Fsp3) is 0.533. The highest BCUT2D eigenvalue weighted by molar-refractivity contribution is 7.99. The van der Waals surface area contributed by atoms with Crippen LogP contribution in [-0.2, 0) is 10.5 Å². The summed E-state index contributed by atoms with van der Waals surface area (Å²) in [5.41, 5.74) is 5.22. The highest BCUT2D eigenvalue weighted by Gasteiger charge is 2.16. The Bertz CT molecular complexity index is 803. The van der Waals surface area contributed by atoms with Crippen LogP contribution in [0.1, 0.15) is 38.0 Å². The molecule has 1 fully saturated rings. The second-order valence-corrected chi connectivity index (χ2v) is 7.81. The number of anilines is 1. The van der Waals surface area contributed by atoms with Gasteiger partial charge in [0.1, 0.15) is 5.82 Å². The zero-order valence-corrected chi connectivity index (χ0v) is 15.7. The van der Waals surface area contributed by atoms with Crippen LogP contribution in [0.5, 0.6) is 0 Å². The van der Waals surface area contributed by atoms with Crippen molar-refractivity contribution in [3.63, 3.8) is 0 Å². The van der Waals surface area contributed by atoms with E-state index < -0.39 is 0 Å². The van der Waals surface area contributed by atoms with Crippen molar-refractivity contribution in [2.24, 2.45) is 0 Å². The first-order valence-electron chi connectivity index (χ1n) is 8.32. The Balaban J connectivity index is 1.44. The van der Waals surface area contributed by atoms with Crippen LogP contribution in [0.3, 0.4) is 0 Å². The average molecular weight is 396 g/mol. The molecule has 1 amide bonds. The van der Waals surface area contributed by atoms with E-state index >= 15 is 0 Å². The Hall–Kier alpha value is -2.01. The molecule has 11 heteroatoms. The number of aromatic nitrogens is 4. The van der Waals surface area contributed by atoms with E-state index in [4.69, 9.17) is 10.2 Å². The first kappa shape index (κ1) is 18.8. The predicted octanol–water partition coefficient (Wildman–Crippen LogP) is 1.57. The second-order valence-electron chi connectivity index (χ2n) is 5.92. The molecule has 9 nitrogen and oxygen atoms in total. The Morgan fingerprint density at radius 2 is 2.12 bits per heavy atom. The summed E-state index contributed by atoms with van der Waals surface area (Å²) in [5, 5.41) is 11.6. The Labute approximate surface area is 158 Å². The number of hydrogen-bond donors (Lipinski definition) is 3. The van der Waals surface area contributed by atoms with Crippen LogP contribution in [0.4, 0.5) is 5.82 Å². The molecule has 0 atom stereocenters. The van der Waals surface area contributed by atoms with E-state index in [2.05, 4.69) is 25.5 Å². The maximum absolute atomic E-state index is 12.0. The number of nitrogen functional groups attached to an aromatic ring is 1. The van der Waals surface area contributed by atoms with Crippen molar-refractivity contribution < 1.29 is 9.21 Å². The highest BCUT2D eigenvalue weighted by Crippen LogP contribution is 2.22. The third-order valence-electron chi connectivity index (χ3n) is 3.82. The van der Waals surface area contributed by atoms with Crippen molar-refractivity contribution in [1.82, 2.24) is 25.5 Å².